The Morgan fingerprint density at radius 1 is 1.35 bits per heavy atom. The molecule has 2 aromatic rings. The standard InChI is InChI=1S/C10H7F3N4O2S/c1-4-16-17-9(19-4)20-8-5(7(14)18)2-3-6(15-8)10(11,12)13/h2-3H,1H3,(H2,14,18). The first kappa shape index (κ1) is 14.3. The molecule has 2 rings (SSSR count). The molecular formula is C10H7F3N4O2S. The number of hydrogen-bond donors (Lipinski definition) is 1. The van der Waals surface area contributed by atoms with E-state index in [0.29, 0.717) is 17.8 Å². The summed E-state index contributed by atoms with van der Waals surface area (Å²) in [7, 11) is 0. The van der Waals surface area contributed by atoms with Crippen molar-refractivity contribution in [2.45, 2.75) is 23.3 Å². The highest BCUT2D eigenvalue weighted by atomic mass is 32.2. The fourth-order valence-corrected chi connectivity index (χ4v) is 2.10. The van der Waals surface area contributed by atoms with Crippen LogP contribution in [0.4, 0.5) is 13.2 Å². The number of hydrogen-bond acceptors (Lipinski definition) is 6. The zero-order chi connectivity index (χ0) is 14.9. The summed E-state index contributed by atoms with van der Waals surface area (Å²) in [6.45, 7) is 1.52. The summed E-state index contributed by atoms with van der Waals surface area (Å²) in [5.41, 5.74) is 3.80. The molecular weight excluding hydrogens is 297 g/mol. The minimum atomic E-state index is -4.63. The van der Waals surface area contributed by atoms with Crippen molar-refractivity contribution in [3.63, 3.8) is 0 Å². The Kier molecular flexibility index (Phi) is 3.66. The lowest BCUT2D eigenvalue weighted by Gasteiger charge is -2.09. The molecule has 0 aromatic carbocycles. The zero-order valence-corrected chi connectivity index (χ0v) is 10.7. The molecule has 2 N–H and O–H groups in total. The minimum absolute atomic E-state index is 0.0307. The van der Waals surface area contributed by atoms with Crippen molar-refractivity contribution in [3.05, 3.63) is 29.3 Å². The summed E-state index contributed by atoms with van der Waals surface area (Å²) in [5.74, 6) is -0.662. The van der Waals surface area contributed by atoms with Gasteiger partial charge < -0.3 is 10.2 Å². The highest BCUT2D eigenvalue weighted by molar-refractivity contribution is 7.99. The molecule has 1 amide bonds. The van der Waals surface area contributed by atoms with Gasteiger partial charge in [-0.2, -0.15) is 13.2 Å². The topological polar surface area (TPSA) is 94.9 Å². The summed E-state index contributed by atoms with van der Waals surface area (Å²) in [5, 5.41) is 6.86. The van der Waals surface area contributed by atoms with E-state index in [2.05, 4.69) is 15.2 Å². The highest BCUT2D eigenvalue weighted by Crippen LogP contribution is 2.33. The second-order valence-corrected chi connectivity index (χ2v) is 4.54. The molecule has 2 aromatic heterocycles. The molecule has 0 bridgehead atoms. The van der Waals surface area contributed by atoms with Crippen molar-refractivity contribution in [2.24, 2.45) is 5.73 Å². The number of halogens is 3. The number of amides is 1. The molecule has 10 heteroatoms. The maximum atomic E-state index is 12.6. The van der Waals surface area contributed by atoms with Crippen molar-refractivity contribution < 1.29 is 22.4 Å². The van der Waals surface area contributed by atoms with E-state index in [1.807, 2.05) is 0 Å². The van der Waals surface area contributed by atoms with Crippen LogP contribution < -0.4 is 5.73 Å². The molecule has 106 valence electrons. The quantitative estimate of drug-likeness (QED) is 0.932. The van der Waals surface area contributed by atoms with Crippen LogP contribution in [-0.2, 0) is 6.18 Å². The highest BCUT2D eigenvalue weighted by Gasteiger charge is 2.33. The van der Waals surface area contributed by atoms with E-state index in [1.54, 1.807) is 0 Å². The lowest BCUT2D eigenvalue weighted by atomic mass is 10.2. The first-order chi connectivity index (χ1) is 9.27. The average molecular weight is 304 g/mol. The molecule has 0 saturated carbocycles. The Morgan fingerprint density at radius 3 is 2.55 bits per heavy atom. The van der Waals surface area contributed by atoms with Gasteiger partial charge in [-0.25, -0.2) is 4.98 Å². The van der Waals surface area contributed by atoms with Crippen molar-refractivity contribution in [1.82, 2.24) is 15.2 Å². The molecule has 0 saturated heterocycles. The van der Waals surface area contributed by atoms with Crippen LogP contribution in [0.15, 0.2) is 26.8 Å². The van der Waals surface area contributed by atoms with Crippen molar-refractivity contribution in [3.8, 4) is 0 Å². The van der Waals surface area contributed by atoms with Gasteiger partial charge in [-0.3, -0.25) is 4.79 Å². The van der Waals surface area contributed by atoms with Gasteiger partial charge in [0.15, 0.2) is 0 Å². The van der Waals surface area contributed by atoms with Gasteiger partial charge in [0.1, 0.15) is 10.7 Å². The maximum absolute atomic E-state index is 12.6. The largest absolute Gasteiger partial charge is 0.433 e. The maximum Gasteiger partial charge on any atom is 0.433 e. The summed E-state index contributed by atoms with van der Waals surface area (Å²) < 4.78 is 42.8. The minimum Gasteiger partial charge on any atom is -0.416 e. The zero-order valence-electron chi connectivity index (χ0n) is 9.93. The number of alkyl halides is 3. The fraction of sp³-hybridized carbons (Fsp3) is 0.200. The molecule has 0 aliphatic heterocycles. The van der Waals surface area contributed by atoms with Crippen molar-refractivity contribution in [2.75, 3.05) is 0 Å². The molecule has 0 fully saturated rings. The van der Waals surface area contributed by atoms with Crippen LogP contribution in [0.1, 0.15) is 21.9 Å². The van der Waals surface area contributed by atoms with Gasteiger partial charge in [0.05, 0.1) is 5.56 Å². The Morgan fingerprint density at radius 2 is 2.05 bits per heavy atom. The predicted octanol–water partition coefficient (Wildman–Crippen LogP) is 2.04. The van der Waals surface area contributed by atoms with E-state index >= 15 is 0 Å². The predicted molar refractivity (Wildman–Crippen MR) is 60.9 cm³/mol. The second-order valence-electron chi connectivity index (χ2n) is 3.60. The van der Waals surface area contributed by atoms with Crippen molar-refractivity contribution in [1.29, 1.82) is 0 Å². The third-order valence-corrected chi connectivity index (χ3v) is 2.95. The Hall–Kier alpha value is -2.10. The number of rotatable bonds is 3. The SMILES string of the molecule is Cc1nnc(Sc2nc(C(F)(F)F)ccc2C(N)=O)o1. The normalized spacial score (nSPS) is 11.6. The van der Waals surface area contributed by atoms with Crippen LogP contribution in [0, 0.1) is 6.92 Å². The van der Waals surface area contributed by atoms with Gasteiger partial charge in [-0.05, 0) is 23.9 Å². The van der Waals surface area contributed by atoms with Crippen LogP contribution in [0.25, 0.3) is 0 Å². The summed E-state index contributed by atoms with van der Waals surface area (Å²) in [6, 6.07) is 1.65. The third-order valence-electron chi connectivity index (χ3n) is 2.11. The van der Waals surface area contributed by atoms with E-state index in [0.717, 1.165) is 6.07 Å². The molecule has 0 aliphatic carbocycles. The van der Waals surface area contributed by atoms with Gasteiger partial charge in [0, 0.05) is 6.92 Å². The Bertz CT molecular complexity index is 656. The number of aromatic nitrogens is 3. The van der Waals surface area contributed by atoms with E-state index in [4.69, 9.17) is 10.2 Å². The number of nitrogens with zero attached hydrogens (tertiary/aromatic N) is 3. The molecule has 20 heavy (non-hydrogen) atoms. The third kappa shape index (κ3) is 3.07. The molecule has 6 nitrogen and oxygen atoms in total. The smallest absolute Gasteiger partial charge is 0.416 e. The second kappa shape index (κ2) is 5.12. The summed E-state index contributed by atoms with van der Waals surface area (Å²) in [6.07, 6.45) is -4.63. The fourth-order valence-electron chi connectivity index (χ4n) is 1.27. The first-order valence-electron chi connectivity index (χ1n) is 5.13. The van der Waals surface area contributed by atoms with Gasteiger partial charge in [0.2, 0.25) is 5.89 Å². The molecule has 2 heterocycles. The monoisotopic (exact) mass is 304 g/mol. The molecule has 0 radical (unpaired) electrons. The van der Waals surface area contributed by atoms with Crippen LogP contribution in [0.2, 0.25) is 0 Å². The number of aryl methyl sites for hydroxylation is 1. The number of carbonyl (C=O) groups is 1. The number of primary amides is 1. The average Bonchev–Trinajstić information content (AvgIpc) is 2.73. The molecule has 0 unspecified atom stereocenters. The van der Waals surface area contributed by atoms with Crippen LogP contribution in [0.3, 0.4) is 0 Å². The first-order valence-corrected chi connectivity index (χ1v) is 5.95. The van der Waals surface area contributed by atoms with E-state index in [1.165, 1.54) is 6.92 Å². The summed E-state index contributed by atoms with van der Waals surface area (Å²) >= 11 is 0.641. The number of pyridine rings is 1. The van der Waals surface area contributed by atoms with Crippen LogP contribution in [-0.4, -0.2) is 21.1 Å². The van der Waals surface area contributed by atoms with Gasteiger partial charge in [0.25, 0.3) is 11.1 Å². The molecule has 0 atom stereocenters. The van der Waals surface area contributed by atoms with E-state index in [-0.39, 0.29) is 21.7 Å². The van der Waals surface area contributed by atoms with E-state index in [9.17, 15) is 18.0 Å². The molecule has 0 spiro atoms. The Balaban J connectivity index is 2.44. The van der Waals surface area contributed by atoms with Crippen molar-refractivity contribution >= 4 is 17.7 Å². The number of carbonyl (C=O) groups excluding carboxylic acids is 1. The number of nitrogens with two attached hydrogens (primary N) is 1. The van der Waals surface area contributed by atoms with Gasteiger partial charge in [-0.15, -0.1) is 10.2 Å². The molecule has 0 aliphatic rings. The van der Waals surface area contributed by atoms with Crippen LogP contribution in [0.5, 0.6) is 0 Å². The van der Waals surface area contributed by atoms with E-state index < -0.39 is 17.8 Å². The van der Waals surface area contributed by atoms with Gasteiger partial charge in [-0.1, -0.05) is 0 Å². The Labute approximate surface area is 114 Å². The van der Waals surface area contributed by atoms with Gasteiger partial charge >= 0.3 is 6.18 Å². The lowest BCUT2D eigenvalue weighted by molar-refractivity contribution is -0.141. The lowest BCUT2D eigenvalue weighted by Crippen LogP contribution is -2.16. The van der Waals surface area contributed by atoms with Crippen LogP contribution >= 0.6 is 11.8 Å². The summed E-state index contributed by atoms with van der Waals surface area (Å²) in [4.78, 5) is 14.6.